The zero-order valence-electron chi connectivity index (χ0n) is 19.0. The quantitative estimate of drug-likeness (QED) is 0.338. The fourth-order valence-electron chi connectivity index (χ4n) is 3.90. The van der Waals surface area contributed by atoms with E-state index in [4.69, 9.17) is 32.2 Å². The van der Waals surface area contributed by atoms with Gasteiger partial charge in [-0.1, -0.05) is 36.4 Å². The molecule has 1 aliphatic heterocycles. The number of aliphatic imine (C=N–C) groups is 1. The molecule has 0 bridgehead atoms. The molecule has 0 fully saturated rings. The molecule has 0 aliphatic carbocycles. The van der Waals surface area contributed by atoms with E-state index in [9.17, 15) is 4.79 Å². The molecule has 0 unspecified atom stereocenters. The first-order valence-electron chi connectivity index (χ1n) is 10.9. The lowest BCUT2D eigenvalue weighted by Crippen LogP contribution is -2.28. The smallest absolute Gasteiger partial charge is 0.304 e. The van der Waals surface area contributed by atoms with Gasteiger partial charge in [0.25, 0.3) is 0 Å². The number of hydrogen-bond donors (Lipinski definition) is 2. The standard InChI is InChI=1S/C25H30ClN3O4/c1-16(2)32-23-8-7-19(15-22(23)26)25(33-27)28-17(3)20-6-4-5-18-9-12-29(13-10-21(18)20)14-11-24(30)31/h4-8,15-16H,3,9-14,27H2,1-2H3,(H,30,31). The predicted octanol–water partition coefficient (Wildman–Crippen LogP) is 4.31. The zero-order chi connectivity index (χ0) is 24.0. The van der Waals surface area contributed by atoms with Gasteiger partial charge in [-0.25, -0.2) is 4.99 Å². The van der Waals surface area contributed by atoms with E-state index in [0.717, 1.165) is 31.5 Å². The van der Waals surface area contributed by atoms with Crippen LogP contribution in [0.2, 0.25) is 5.02 Å². The van der Waals surface area contributed by atoms with Crippen molar-refractivity contribution in [2.45, 2.75) is 39.2 Å². The van der Waals surface area contributed by atoms with Crippen molar-refractivity contribution in [2.75, 3.05) is 19.6 Å². The molecule has 0 radical (unpaired) electrons. The summed E-state index contributed by atoms with van der Waals surface area (Å²) in [6.45, 7) is 10.2. The Bertz CT molecular complexity index is 1050. The van der Waals surface area contributed by atoms with Crippen LogP contribution in [0, 0.1) is 0 Å². The summed E-state index contributed by atoms with van der Waals surface area (Å²) in [5.41, 5.74) is 4.45. The summed E-state index contributed by atoms with van der Waals surface area (Å²) in [7, 11) is 0. The summed E-state index contributed by atoms with van der Waals surface area (Å²) in [6, 6.07) is 11.3. The highest BCUT2D eigenvalue weighted by Crippen LogP contribution is 2.29. The Morgan fingerprint density at radius 1 is 1.27 bits per heavy atom. The molecule has 0 saturated heterocycles. The Kier molecular flexibility index (Phi) is 8.49. The summed E-state index contributed by atoms with van der Waals surface area (Å²) >= 11 is 6.36. The third-order valence-corrected chi connectivity index (χ3v) is 5.79. The molecule has 33 heavy (non-hydrogen) atoms. The second-order valence-electron chi connectivity index (χ2n) is 8.22. The molecule has 0 amide bonds. The lowest BCUT2D eigenvalue weighted by atomic mass is 9.96. The number of aliphatic carboxylic acids is 1. The van der Waals surface area contributed by atoms with Gasteiger partial charge in [0.1, 0.15) is 5.75 Å². The Morgan fingerprint density at radius 2 is 2.03 bits per heavy atom. The molecule has 3 rings (SSSR count). The highest BCUT2D eigenvalue weighted by Gasteiger charge is 2.19. The highest BCUT2D eigenvalue weighted by molar-refractivity contribution is 6.32. The van der Waals surface area contributed by atoms with Crippen LogP contribution >= 0.6 is 11.6 Å². The van der Waals surface area contributed by atoms with Crippen molar-refractivity contribution in [1.82, 2.24) is 4.90 Å². The minimum Gasteiger partial charge on any atom is -0.489 e. The minimum atomic E-state index is -0.779. The van der Waals surface area contributed by atoms with Crippen LogP contribution in [0.4, 0.5) is 0 Å². The Hall–Kier alpha value is -2.87. The summed E-state index contributed by atoms with van der Waals surface area (Å²) < 4.78 is 5.68. The van der Waals surface area contributed by atoms with Crippen molar-refractivity contribution in [3.8, 4) is 5.75 Å². The Balaban J connectivity index is 1.83. The number of carboxylic acids is 1. The molecule has 176 valence electrons. The van der Waals surface area contributed by atoms with Crippen molar-refractivity contribution in [1.29, 1.82) is 0 Å². The SMILES string of the molecule is C=C(N=C(ON)c1ccc(OC(C)C)c(Cl)c1)c1cccc2c1CCN(CCC(=O)O)CC2. The molecule has 3 N–H and O–H groups in total. The number of fused-ring (bicyclic) bond motifs is 1. The molecule has 7 nitrogen and oxygen atoms in total. The second kappa shape index (κ2) is 11.3. The fourth-order valence-corrected chi connectivity index (χ4v) is 4.12. The molecule has 2 aromatic carbocycles. The maximum atomic E-state index is 10.9. The molecule has 0 spiro atoms. The van der Waals surface area contributed by atoms with Gasteiger partial charge >= 0.3 is 5.97 Å². The van der Waals surface area contributed by atoms with Gasteiger partial charge in [-0.05, 0) is 56.0 Å². The van der Waals surface area contributed by atoms with E-state index in [1.54, 1.807) is 18.2 Å². The third kappa shape index (κ3) is 6.57. The highest BCUT2D eigenvalue weighted by atomic mass is 35.5. The molecule has 0 saturated carbocycles. The summed E-state index contributed by atoms with van der Waals surface area (Å²) in [5, 5.41) is 9.42. The van der Waals surface area contributed by atoms with Crippen molar-refractivity contribution >= 4 is 29.2 Å². The van der Waals surface area contributed by atoms with E-state index in [1.807, 2.05) is 26.0 Å². The predicted molar refractivity (Wildman–Crippen MR) is 131 cm³/mol. The van der Waals surface area contributed by atoms with Crippen LogP contribution in [0.1, 0.15) is 42.5 Å². The maximum Gasteiger partial charge on any atom is 0.304 e. The first-order valence-corrected chi connectivity index (χ1v) is 11.3. The zero-order valence-corrected chi connectivity index (χ0v) is 19.8. The lowest BCUT2D eigenvalue weighted by molar-refractivity contribution is -0.137. The van der Waals surface area contributed by atoms with Gasteiger partial charge in [0.2, 0.25) is 5.90 Å². The fraction of sp³-hybridized carbons (Fsp3) is 0.360. The molecule has 0 aromatic heterocycles. The molecular weight excluding hydrogens is 442 g/mol. The number of halogens is 1. The number of carbonyl (C=O) groups is 1. The molecule has 2 aromatic rings. The second-order valence-corrected chi connectivity index (χ2v) is 8.63. The molecule has 0 atom stereocenters. The van der Waals surface area contributed by atoms with E-state index >= 15 is 0 Å². The number of rotatable bonds is 8. The third-order valence-electron chi connectivity index (χ3n) is 5.49. The monoisotopic (exact) mass is 471 g/mol. The van der Waals surface area contributed by atoms with E-state index in [2.05, 4.69) is 22.5 Å². The van der Waals surface area contributed by atoms with Crippen LogP contribution < -0.4 is 10.6 Å². The first kappa shape index (κ1) is 24.8. The van der Waals surface area contributed by atoms with Gasteiger partial charge in [0.15, 0.2) is 0 Å². The molecular formula is C25H30ClN3O4. The largest absolute Gasteiger partial charge is 0.489 e. The van der Waals surface area contributed by atoms with Gasteiger partial charge in [-0.3, -0.25) is 4.79 Å². The average Bonchev–Trinajstić information content (AvgIpc) is 2.99. The van der Waals surface area contributed by atoms with Crippen LogP contribution in [-0.2, 0) is 22.5 Å². The lowest BCUT2D eigenvalue weighted by Gasteiger charge is -2.18. The van der Waals surface area contributed by atoms with Crippen molar-refractivity contribution < 1.29 is 19.5 Å². The van der Waals surface area contributed by atoms with Crippen LogP contribution in [-0.4, -0.2) is 47.6 Å². The first-order chi connectivity index (χ1) is 15.8. The van der Waals surface area contributed by atoms with Crippen molar-refractivity contribution in [3.63, 3.8) is 0 Å². The van der Waals surface area contributed by atoms with Crippen LogP contribution in [0.25, 0.3) is 5.70 Å². The number of hydrogen-bond acceptors (Lipinski definition) is 6. The van der Waals surface area contributed by atoms with E-state index < -0.39 is 5.97 Å². The van der Waals surface area contributed by atoms with E-state index in [1.165, 1.54) is 11.1 Å². The van der Waals surface area contributed by atoms with Gasteiger partial charge in [-0.2, -0.15) is 5.90 Å². The number of ether oxygens (including phenoxy) is 1. The van der Waals surface area contributed by atoms with E-state index in [0.29, 0.717) is 28.6 Å². The van der Waals surface area contributed by atoms with E-state index in [-0.39, 0.29) is 18.4 Å². The Morgan fingerprint density at radius 3 is 2.70 bits per heavy atom. The van der Waals surface area contributed by atoms with Crippen LogP contribution in [0.3, 0.4) is 0 Å². The number of nitrogens with two attached hydrogens (primary N) is 1. The topological polar surface area (TPSA) is 97.4 Å². The minimum absolute atomic E-state index is 0.000384. The maximum absolute atomic E-state index is 10.9. The van der Waals surface area contributed by atoms with Gasteiger partial charge in [0, 0.05) is 30.8 Å². The van der Waals surface area contributed by atoms with Crippen LogP contribution in [0.15, 0.2) is 48.0 Å². The van der Waals surface area contributed by atoms with Crippen molar-refractivity contribution in [2.24, 2.45) is 10.9 Å². The normalized spacial score (nSPS) is 14.5. The van der Waals surface area contributed by atoms with Gasteiger partial charge in [0.05, 0.1) is 23.2 Å². The van der Waals surface area contributed by atoms with Crippen molar-refractivity contribution in [3.05, 3.63) is 70.3 Å². The molecule has 1 aliphatic rings. The average molecular weight is 472 g/mol. The molecule has 1 heterocycles. The van der Waals surface area contributed by atoms with Gasteiger partial charge in [-0.15, -0.1) is 0 Å². The summed E-state index contributed by atoms with van der Waals surface area (Å²) in [4.78, 5) is 22.8. The summed E-state index contributed by atoms with van der Waals surface area (Å²) in [5.74, 6) is 5.54. The molecule has 8 heteroatoms. The van der Waals surface area contributed by atoms with Gasteiger partial charge < -0.3 is 19.6 Å². The Labute approximate surface area is 199 Å². The summed E-state index contributed by atoms with van der Waals surface area (Å²) in [6.07, 6.45) is 1.76. The number of nitrogens with zero attached hydrogens (tertiary/aromatic N) is 2. The number of carboxylic acid groups (broad SMARTS) is 1. The number of benzene rings is 2. The van der Waals surface area contributed by atoms with Crippen LogP contribution in [0.5, 0.6) is 5.75 Å².